The van der Waals surface area contributed by atoms with E-state index in [2.05, 4.69) is 5.32 Å². The SMILES string of the molecule is O=C(O)c1cn2c(c(O)c1=O)C(=O)NCC2O. The molecule has 0 fully saturated rings. The van der Waals surface area contributed by atoms with Gasteiger partial charge in [-0.05, 0) is 0 Å². The first-order valence-electron chi connectivity index (χ1n) is 4.61. The minimum atomic E-state index is -1.54. The molecule has 90 valence electrons. The predicted octanol–water partition coefficient (Wildman–Crippen LogP) is -1.51. The summed E-state index contributed by atoms with van der Waals surface area (Å²) in [6.07, 6.45) is -0.393. The molecule has 0 saturated heterocycles. The number of nitrogens with one attached hydrogen (secondary N) is 1. The summed E-state index contributed by atoms with van der Waals surface area (Å²) in [5.41, 5.74) is -2.31. The average Bonchev–Trinajstić information content (AvgIpc) is 2.27. The number of fused-ring (bicyclic) bond motifs is 1. The van der Waals surface area contributed by atoms with E-state index in [0.717, 1.165) is 10.8 Å². The zero-order chi connectivity index (χ0) is 12.7. The minimum Gasteiger partial charge on any atom is -0.503 e. The number of carbonyl (C=O) groups is 2. The summed E-state index contributed by atoms with van der Waals surface area (Å²) in [7, 11) is 0. The molecule has 2 rings (SSSR count). The van der Waals surface area contributed by atoms with Gasteiger partial charge in [0.05, 0.1) is 6.54 Å². The van der Waals surface area contributed by atoms with Crippen LogP contribution in [0, 0.1) is 0 Å². The highest BCUT2D eigenvalue weighted by molar-refractivity contribution is 5.97. The van der Waals surface area contributed by atoms with Crippen molar-refractivity contribution in [3.8, 4) is 5.75 Å². The lowest BCUT2D eigenvalue weighted by atomic mass is 10.1. The summed E-state index contributed by atoms with van der Waals surface area (Å²) in [6, 6.07) is 0. The van der Waals surface area contributed by atoms with Crippen LogP contribution < -0.4 is 10.7 Å². The lowest BCUT2D eigenvalue weighted by Gasteiger charge is -2.25. The maximum Gasteiger partial charge on any atom is 0.341 e. The Balaban J connectivity index is 2.80. The van der Waals surface area contributed by atoms with Gasteiger partial charge in [-0.3, -0.25) is 9.59 Å². The molecule has 0 bridgehead atoms. The number of aromatic nitrogens is 1. The minimum absolute atomic E-state index is 0.132. The fourth-order valence-corrected chi connectivity index (χ4v) is 1.60. The maximum atomic E-state index is 11.4. The molecule has 2 heterocycles. The molecule has 0 aliphatic carbocycles. The molecule has 1 atom stereocenters. The fraction of sp³-hybridized carbons (Fsp3) is 0.222. The number of aliphatic hydroxyl groups excluding tert-OH is 1. The van der Waals surface area contributed by atoms with E-state index < -0.39 is 40.5 Å². The van der Waals surface area contributed by atoms with Crippen LogP contribution in [0.3, 0.4) is 0 Å². The van der Waals surface area contributed by atoms with Crippen molar-refractivity contribution in [2.45, 2.75) is 6.23 Å². The van der Waals surface area contributed by atoms with E-state index in [1.807, 2.05) is 0 Å². The van der Waals surface area contributed by atoms with E-state index >= 15 is 0 Å². The fourth-order valence-electron chi connectivity index (χ4n) is 1.60. The molecule has 17 heavy (non-hydrogen) atoms. The Kier molecular flexibility index (Phi) is 2.36. The van der Waals surface area contributed by atoms with Gasteiger partial charge in [0, 0.05) is 6.20 Å². The highest BCUT2D eigenvalue weighted by Gasteiger charge is 2.29. The number of pyridine rings is 1. The lowest BCUT2D eigenvalue weighted by Crippen LogP contribution is -2.41. The number of amides is 1. The predicted molar refractivity (Wildman–Crippen MR) is 52.9 cm³/mol. The van der Waals surface area contributed by atoms with E-state index in [1.165, 1.54) is 0 Å². The van der Waals surface area contributed by atoms with Gasteiger partial charge in [0.2, 0.25) is 5.43 Å². The van der Waals surface area contributed by atoms with Crippen LogP contribution in [-0.4, -0.2) is 38.3 Å². The van der Waals surface area contributed by atoms with Crippen LogP contribution in [0.1, 0.15) is 27.1 Å². The second-order valence-corrected chi connectivity index (χ2v) is 3.47. The van der Waals surface area contributed by atoms with Gasteiger partial charge in [-0.1, -0.05) is 0 Å². The number of carbonyl (C=O) groups excluding carboxylic acids is 1. The highest BCUT2D eigenvalue weighted by atomic mass is 16.4. The van der Waals surface area contributed by atoms with E-state index in [4.69, 9.17) is 5.11 Å². The zero-order valence-corrected chi connectivity index (χ0v) is 8.38. The molecular weight excluding hydrogens is 232 g/mol. The first kappa shape index (κ1) is 11.1. The molecule has 1 aromatic heterocycles. The van der Waals surface area contributed by atoms with Crippen LogP contribution in [0.25, 0.3) is 0 Å². The van der Waals surface area contributed by atoms with Gasteiger partial charge in [0.15, 0.2) is 11.4 Å². The van der Waals surface area contributed by atoms with Crippen LogP contribution in [0.5, 0.6) is 5.75 Å². The molecule has 1 amide bonds. The van der Waals surface area contributed by atoms with Crippen molar-refractivity contribution in [3.05, 3.63) is 27.7 Å². The molecule has 0 radical (unpaired) electrons. The number of aromatic carboxylic acids is 1. The van der Waals surface area contributed by atoms with Gasteiger partial charge in [0.25, 0.3) is 5.91 Å². The van der Waals surface area contributed by atoms with Crippen LogP contribution in [-0.2, 0) is 0 Å². The molecular formula is C9H8N2O6. The summed E-state index contributed by atoms with van der Waals surface area (Å²) >= 11 is 0. The van der Waals surface area contributed by atoms with Crippen molar-refractivity contribution in [2.75, 3.05) is 6.54 Å². The Hall–Kier alpha value is -2.35. The number of carboxylic acid groups (broad SMARTS) is 1. The zero-order valence-electron chi connectivity index (χ0n) is 8.38. The molecule has 0 spiro atoms. The van der Waals surface area contributed by atoms with Crippen LogP contribution in [0.2, 0.25) is 0 Å². The Bertz CT molecular complexity index is 576. The van der Waals surface area contributed by atoms with Crippen LogP contribution in [0.15, 0.2) is 11.0 Å². The van der Waals surface area contributed by atoms with Crippen LogP contribution >= 0.6 is 0 Å². The molecule has 1 aliphatic rings. The van der Waals surface area contributed by atoms with Crippen LogP contribution in [0.4, 0.5) is 0 Å². The second-order valence-electron chi connectivity index (χ2n) is 3.47. The Morgan fingerprint density at radius 1 is 1.47 bits per heavy atom. The Labute approximate surface area is 93.7 Å². The number of β-amino-alcohol motifs (C(OH)–C–C–N with tert-alkyl or cyclic N) is 1. The molecule has 1 aliphatic heterocycles. The summed E-state index contributed by atoms with van der Waals surface area (Å²) < 4.78 is 0.860. The number of hydrogen-bond donors (Lipinski definition) is 4. The molecule has 1 aromatic rings. The quantitative estimate of drug-likeness (QED) is 0.472. The number of hydrogen-bond acceptors (Lipinski definition) is 5. The topological polar surface area (TPSA) is 129 Å². The number of nitrogens with zero attached hydrogens (tertiary/aromatic N) is 1. The van der Waals surface area contributed by atoms with Crippen molar-refractivity contribution in [1.29, 1.82) is 0 Å². The molecule has 8 heteroatoms. The number of aliphatic hydroxyl groups is 1. The summed E-state index contributed by atoms with van der Waals surface area (Å²) in [5, 5.41) is 30.0. The molecule has 0 saturated carbocycles. The largest absolute Gasteiger partial charge is 0.503 e. The normalized spacial score (nSPS) is 18.4. The van der Waals surface area contributed by atoms with E-state index in [-0.39, 0.29) is 6.54 Å². The van der Waals surface area contributed by atoms with Gasteiger partial charge in [-0.25, -0.2) is 4.79 Å². The van der Waals surface area contributed by atoms with E-state index in [1.54, 1.807) is 0 Å². The van der Waals surface area contributed by atoms with Gasteiger partial charge >= 0.3 is 5.97 Å². The summed E-state index contributed by atoms with van der Waals surface area (Å²) in [5.74, 6) is -3.28. The molecule has 1 unspecified atom stereocenters. The van der Waals surface area contributed by atoms with Gasteiger partial charge in [-0.15, -0.1) is 0 Å². The van der Waals surface area contributed by atoms with Gasteiger partial charge in [0.1, 0.15) is 11.8 Å². The Morgan fingerprint density at radius 3 is 2.71 bits per heavy atom. The Morgan fingerprint density at radius 2 is 2.12 bits per heavy atom. The standard InChI is InChI=1S/C9H8N2O6/c12-4-1-10-8(15)5-7(14)6(13)3(9(16)17)2-11(4)5/h2,4,12,14H,1H2,(H,10,15)(H,16,17). The third kappa shape index (κ3) is 1.54. The first-order chi connectivity index (χ1) is 7.93. The summed E-state index contributed by atoms with van der Waals surface area (Å²) in [4.78, 5) is 33.6. The van der Waals surface area contributed by atoms with Crippen molar-refractivity contribution >= 4 is 11.9 Å². The lowest BCUT2D eigenvalue weighted by molar-refractivity contribution is 0.0621. The molecule has 8 nitrogen and oxygen atoms in total. The third-order valence-electron chi connectivity index (χ3n) is 2.42. The van der Waals surface area contributed by atoms with E-state index in [0.29, 0.717) is 0 Å². The smallest absolute Gasteiger partial charge is 0.341 e. The average molecular weight is 240 g/mol. The molecule has 0 aromatic carbocycles. The third-order valence-corrected chi connectivity index (χ3v) is 2.42. The second kappa shape index (κ2) is 3.59. The van der Waals surface area contributed by atoms with Crippen molar-refractivity contribution in [3.63, 3.8) is 0 Å². The number of carboxylic acids is 1. The first-order valence-corrected chi connectivity index (χ1v) is 4.61. The van der Waals surface area contributed by atoms with Crippen molar-refractivity contribution in [2.24, 2.45) is 0 Å². The number of rotatable bonds is 1. The van der Waals surface area contributed by atoms with Crippen molar-refractivity contribution < 1.29 is 24.9 Å². The highest BCUT2D eigenvalue weighted by Crippen LogP contribution is 2.20. The number of aromatic hydroxyl groups is 1. The van der Waals surface area contributed by atoms with Gasteiger partial charge < -0.3 is 25.2 Å². The maximum absolute atomic E-state index is 11.4. The summed E-state index contributed by atoms with van der Waals surface area (Å²) in [6.45, 7) is -0.132. The van der Waals surface area contributed by atoms with Crippen molar-refractivity contribution in [1.82, 2.24) is 9.88 Å². The van der Waals surface area contributed by atoms with E-state index in [9.17, 15) is 24.6 Å². The van der Waals surface area contributed by atoms with Gasteiger partial charge in [-0.2, -0.15) is 0 Å². The molecule has 4 N–H and O–H groups in total. The monoisotopic (exact) mass is 240 g/mol.